The quantitative estimate of drug-likeness (QED) is 0.693. The molecule has 31 heavy (non-hydrogen) atoms. The van der Waals surface area contributed by atoms with Crippen molar-refractivity contribution in [2.45, 2.75) is 18.4 Å². The number of rotatable bonds is 5. The summed E-state index contributed by atoms with van der Waals surface area (Å²) in [5.41, 5.74) is 2.39. The number of benzene rings is 1. The first-order chi connectivity index (χ1) is 14.9. The first-order valence-electron chi connectivity index (χ1n) is 10.5. The van der Waals surface area contributed by atoms with E-state index in [0.717, 1.165) is 30.8 Å². The van der Waals surface area contributed by atoms with Crippen molar-refractivity contribution in [1.82, 2.24) is 19.1 Å². The van der Waals surface area contributed by atoms with Crippen LogP contribution in [0, 0.1) is 6.92 Å². The molecule has 8 nitrogen and oxygen atoms in total. The molecule has 0 saturated carbocycles. The van der Waals surface area contributed by atoms with Crippen LogP contribution < -0.4 is 0 Å². The van der Waals surface area contributed by atoms with Crippen molar-refractivity contribution >= 4 is 15.9 Å². The summed E-state index contributed by atoms with van der Waals surface area (Å²) >= 11 is 0. The molecule has 2 aliphatic heterocycles. The van der Waals surface area contributed by atoms with E-state index in [0.29, 0.717) is 45.0 Å². The van der Waals surface area contributed by atoms with Gasteiger partial charge in [0.15, 0.2) is 0 Å². The second-order valence-electron chi connectivity index (χ2n) is 7.92. The van der Waals surface area contributed by atoms with Crippen LogP contribution in [0.15, 0.2) is 47.6 Å². The Morgan fingerprint density at radius 1 is 1.06 bits per heavy atom. The zero-order chi connectivity index (χ0) is 21.8. The van der Waals surface area contributed by atoms with Crippen LogP contribution in [0.4, 0.5) is 0 Å². The van der Waals surface area contributed by atoms with Gasteiger partial charge in [-0.2, -0.15) is 4.31 Å². The number of nitrogens with zero attached hydrogens (tertiary/aromatic N) is 4. The van der Waals surface area contributed by atoms with Gasteiger partial charge in [0.05, 0.1) is 18.1 Å². The molecule has 0 unspecified atom stereocenters. The van der Waals surface area contributed by atoms with E-state index < -0.39 is 10.0 Å². The van der Waals surface area contributed by atoms with Gasteiger partial charge in [-0.1, -0.05) is 12.1 Å². The van der Waals surface area contributed by atoms with E-state index in [-0.39, 0.29) is 10.8 Å². The predicted molar refractivity (Wildman–Crippen MR) is 116 cm³/mol. The van der Waals surface area contributed by atoms with E-state index in [1.54, 1.807) is 18.3 Å². The number of pyridine rings is 1. The zero-order valence-electron chi connectivity index (χ0n) is 17.7. The molecule has 0 spiro atoms. The molecule has 9 heteroatoms. The molecule has 4 rings (SSSR count). The number of hydrogen-bond donors (Lipinski definition) is 0. The molecule has 2 aromatic rings. The van der Waals surface area contributed by atoms with Crippen molar-refractivity contribution in [1.29, 1.82) is 0 Å². The van der Waals surface area contributed by atoms with Gasteiger partial charge in [-0.15, -0.1) is 0 Å². The lowest BCUT2D eigenvalue weighted by atomic mass is 10.1. The Morgan fingerprint density at radius 3 is 2.48 bits per heavy atom. The van der Waals surface area contributed by atoms with Crippen LogP contribution in [0.3, 0.4) is 0 Å². The minimum Gasteiger partial charge on any atom is -0.379 e. The van der Waals surface area contributed by atoms with Crippen molar-refractivity contribution in [2.24, 2.45) is 0 Å². The third kappa shape index (κ3) is 4.95. The molecular formula is C22H28N4O4S. The number of sulfonamides is 1. The SMILES string of the molecule is Cc1ccc(S(=O)(=O)N2CCOCC2)cc1C(=O)N1CCN(Cc2cccnc2)CC1. The number of hydrogen-bond acceptors (Lipinski definition) is 6. The number of ether oxygens (including phenoxy) is 1. The Morgan fingerprint density at radius 2 is 1.81 bits per heavy atom. The molecular weight excluding hydrogens is 416 g/mol. The minimum absolute atomic E-state index is 0.113. The molecule has 2 saturated heterocycles. The highest BCUT2D eigenvalue weighted by Gasteiger charge is 2.29. The molecule has 3 heterocycles. The van der Waals surface area contributed by atoms with Crippen molar-refractivity contribution in [3.63, 3.8) is 0 Å². The van der Waals surface area contributed by atoms with Gasteiger partial charge in [-0.3, -0.25) is 14.7 Å². The molecule has 1 amide bonds. The first-order valence-corrected chi connectivity index (χ1v) is 12.0. The van der Waals surface area contributed by atoms with Gasteiger partial charge in [0.25, 0.3) is 5.91 Å². The Balaban J connectivity index is 1.44. The van der Waals surface area contributed by atoms with Gasteiger partial charge in [-0.25, -0.2) is 8.42 Å². The lowest BCUT2D eigenvalue weighted by Crippen LogP contribution is -2.48. The Hall–Kier alpha value is -2.33. The third-order valence-corrected chi connectivity index (χ3v) is 7.73. The molecule has 0 aliphatic carbocycles. The van der Waals surface area contributed by atoms with Gasteiger partial charge in [0.1, 0.15) is 0 Å². The summed E-state index contributed by atoms with van der Waals surface area (Å²) in [6.07, 6.45) is 3.62. The number of piperazine rings is 1. The molecule has 1 aromatic heterocycles. The minimum atomic E-state index is -3.64. The normalized spacial score (nSPS) is 18.8. The molecule has 166 valence electrons. The summed E-state index contributed by atoms with van der Waals surface area (Å²) in [6, 6.07) is 8.82. The molecule has 0 atom stereocenters. The van der Waals surface area contributed by atoms with Gasteiger partial charge in [-0.05, 0) is 36.2 Å². The van der Waals surface area contributed by atoms with E-state index in [4.69, 9.17) is 4.74 Å². The van der Waals surface area contributed by atoms with E-state index in [2.05, 4.69) is 9.88 Å². The fourth-order valence-electron chi connectivity index (χ4n) is 3.96. The largest absolute Gasteiger partial charge is 0.379 e. The average Bonchev–Trinajstić information content (AvgIpc) is 2.80. The summed E-state index contributed by atoms with van der Waals surface area (Å²) in [5, 5.41) is 0. The number of carbonyl (C=O) groups excluding carboxylic acids is 1. The second-order valence-corrected chi connectivity index (χ2v) is 9.86. The lowest BCUT2D eigenvalue weighted by Gasteiger charge is -2.35. The average molecular weight is 445 g/mol. The highest BCUT2D eigenvalue weighted by molar-refractivity contribution is 7.89. The van der Waals surface area contributed by atoms with Crippen LogP contribution in [0.1, 0.15) is 21.5 Å². The molecule has 0 N–H and O–H groups in total. The molecule has 0 bridgehead atoms. The predicted octanol–water partition coefficient (Wildman–Crippen LogP) is 1.37. The number of amides is 1. The van der Waals surface area contributed by atoms with Crippen molar-refractivity contribution in [2.75, 3.05) is 52.5 Å². The maximum Gasteiger partial charge on any atom is 0.254 e. The van der Waals surface area contributed by atoms with Gasteiger partial charge in [0.2, 0.25) is 10.0 Å². The van der Waals surface area contributed by atoms with Crippen LogP contribution >= 0.6 is 0 Å². The number of aryl methyl sites for hydroxylation is 1. The van der Waals surface area contributed by atoms with E-state index in [9.17, 15) is 13.2 Å². The maximum atomic E-state index is 13.2. The Kier molecular flexibility index (Phi) is 6.66. The van der Waals surface area contributed by atoms with Crippen molar-refractivity contribution < 1.29 is 17.9 Å². The van der Waals surface area contributed by atoms with Crippen LogP contribution in [-0.2, 0) is 21.3 Å². The van der Waals surface area contributed by atoms with E-state index in [1.807, 2.05) is 30.2 Å². The van der Waals surface area contributed by atoms with Crippen LogP contribution in [0.5, 0.6) is 0 Å². The zero-order valence-corrected chi connectivity index (χ0v) is 18.6. The molecule has 2 aliphatic rings. The fourth-order valence-corrected chi connectivity index (χ4v) is 5.39. The fraction of sp³-hybridized carbons (Fsp3) is 0.455. The van der Waals surface area contributed by atoms with Crippen molar-refractivity contribution in [3.8, 4) is 0 Å². The van der Waals surface area contributed by atoms with Crippen molar-refractivity contribution in [3.05, 3.63) is 59.4 Å². The van der Waals surface area contributed by atoms with Crippen LogP contribution in [0.25, 0.3) is 0 Å². The highest BCUT2D eigenvalue weighted by atomic mass is 32.2. The molecule has 1 aromatic carbocycles. The highest BCUT2D eigenvalue weighted by Crippen LogP contribution is 2.22. The van der Waals surface area contributed by atoms with E-state index in [1.165, 1.54) is 10.4 Å². The summed E-state index contributed by atoms with van der Waals surface area (Å²) < 4.78 is 32.7. The Bertz CT molecular complexity index is 1020. The van der Waals surface area contributed by atoms with Gasteiger partial charge in [0, 0.05) is 63.8 Å². The number of carbonyl (C=O) groups is 1. The lowest BCUT2D eigenvalue weighted by molar-refractivity contribution is 0.0627. The second kappa shape index (κ2) is 9.44. The molecule has 2 fully saturated rings. The monoisotopic (exact) mass is 444 g/mol. The summed E-state index contributed by atoms with van der Waals surface area (Å²) in [6.45, 7) is 6.85. The van der Waals surface area contributed by atoms with Crippen LogP contribution in [0.2, 0.25) is 0 Å². The van der Waals surface area contributed by atoms with Gasteiger partial charge >= 0.3 is 0 Å². The van der Waals surface area contributed by atoms with E-state index >= 15 is 0 Å². The standard InChI is InChI=1S/C22H28N4O4S/c1-18-4-5-20(31(28,29)26-11-13-30-14-12-26)15-21(18)22(27)25-9-7-24(8-10-25)17-19-3-2-6-23-16-19/h2-6,15-16H,7-14,17H2,1H3. The third-order valence-electron chi connectivity index (χ3n) is 5.84. The smallest absolute Gasteiger partial charge is 0.254 e. The summed E-state index contributed by atoms with van der Waals surface area (Å²) in [7, 11) is -3.64. The Labute approximate surface area is 183 Å². The summed E-state index contributed by atoms with van der Waals surface area (Å²) in [5.74, 6) is -0.113. The van der Waals surface area contributed by atoms with Crippen LogP contribution in [-0.4, -0.2) is 85.9 Å². The number of morpholine rings is 1. The topological polar surface area (TPSA) is 83.0 Å². The number of aromatic nitrogens is 1. The summed E-state index contributed by atoms with van der Waals surface area (Å²) in [4.78, 5) is 21.6. The maximum absolute atomic E-state index is 13.2. The first kappa shape index (κ1) is 21.9. The molecule has 0 radical (unpaired) electrons. The van der Waals surface area contributed by atoms with Gasteiger partial charge < -0.3 is 9.64 Å².